The van der Waals surface area contributed by atoms with Crippen LogP contribution < -0.4 is 11.4 Å². The molecule has 1 unspecified atom stereocenters. The van der Waals surface area contributed by atoms with Crippen molar-refractivity contribution in [1.82, 2.24) is 9.55 Å². The zero-order valence-corrected chi connectivity index (χ0v) is 11.8. The Balaban J connectivity index is 0.000000399. The van der Waals surface area contributed by atoms with Gasteiger partial charge in [-0.2, -0.15) is 4.98 Å². The number of nitrogens with two attached hydrogens (primary N) is 1. The van der Waals surface area contributed by atoms with Crippen molar-refractivity contribution >= 4 is 27.0 Å². The lowest BCUT2D eigenvalue weighted by Gasteiger charge is -2.13. The van der Waals surface area contributed by atoms with Crippen LogP contribution in [0.2, 0.25) is 0 Å². The van der Waals surface area contributed by atoms with Gasteiger partial charge in [0.15, 0.2) is 0 Å². The van der Waals surface area contributed by atoms with E-state index in [0.29, 0.717) is 5.75 Å². The van der Waals surface area contributed by atoms with E-state index in [9.17, 15) is 4.79 Å². The second kappa shape index (κ2) is 7.98. The summed E-state index contributed by atoms with van der Waals surface area (Å²) in [6, 6.07) is 1.54. The molecule has 2 rings (SSSR count). The Morgan fingerprint density at radius 2 is 2.53 bits per heavy atom. The van der Waals surface area contributed by atoms with Crippen molar-refractivity contribution in [1.29, 1.82) is 0 Å². The molecule has 0 radical (unpaired) electrons. The number of rotatable bonds is 2. The van der Waals surface area contributed by atoms with Gasteiger partial charge in [0.2, 0.25) is 0 Å². The highest BCUT2D eigenvalue weighted by Gasteiger charge is 2.27. The molecule has 19 heavy (non-hydrogen) atoms. The van der Waals surface area contributed by atoms with Crippen LogP contribution in [0.3, 0.4) is 0 Å². The average Bonchev–Trinajstić information content (AvgIpc) is 2.87. The van der Waals surface area contributed by atoms with E-state index in [4.69, 9.17) is 21.1 Å². The fraction of sp³-hybridized carbons (Fsp3) is 0.500. The van der Waals surface area contributed by atoms with Crippen LogP contribution in [0.1, 0.15) is 6.23 Å². The molecule has 0 aromatic carbocycles. The number of aliphatic hydroxyl groups is 1. The Labute approximate surface area is 115 Å². The van der Waals surface area contributed by atoms with Crippen LogP contribution >= 0.6 is 21.2 Å². The molecule has 1 fully saturated rings. The predicted octanol–water partition coefficient (Wildman–Crippen LogP) is 0.493. The van der Waals surface area contributed by atoms with Crippen LogP contribution in [0.4, 0.5) is 5.82 Å². The molecule has 0 bridgehead atoms. The van der Waals surface area contributed by atoms with Gasteiger partial charge >= 0.3 is 5.69 Å². The summed E-state index contributed by atoms with van der Waals surface area (Å²) in [6.07, 6.45) is 1.18. The number of ether oxygens (including phenoxy) is 1. The van der Waals surface area contributed by atoms with Gasteiger partial charge in [-0.1, -0.05) is 4.88 Å². The Morgan fingerprint density at radius 1 is 1.84 bits per heavy atom. The number of aromatic nitrogens is 2. The zero-order valence-electron chi connectivity index (χ0n) is 9.79. The zero-order chi connectivity index (χ0) is 14.3. The third-order valence-electron chi connectivity index (χ3n) is 2.10. The number of aliphatic hydroxyl groups excluding tert-OH is 1. The number of hydrogen-bond acceptors (Lipinski definition) is 7. The van der Waals surface area contributed by atoms with Crippen molar-refractivity contribution in [2.45, 2.75) is 11.7 Å². The molecule has 104 valence electrons. The van der Waals surface area contributed by atoms with Gasteiger partial charge in [-0.15, -0.1) is 11.8 Å². The maximum Gasteiger partial charge on any atom is 0.351 e. The normalized spacial score (nSPS) is 21.2. The van der Waals surface area contributed by atoms with Crippen molar-refractivity contribution < 1.29 is 9.84 Å². The molecule has 1 saturated heterocycles. The summed E-state index contributed by atoms with van der Waals surface area (Å²) in [6.45, 7) is -0.0572. The molecule has 11 heteroatoms. The van der Waals surface area contributed by atoms with Crippen LogP contribution in [-0.2, 0) is 4.74 Å². The first-order valence-corrected chi connectivity index (χ1v) is 6.65. The quantitative estimate of drug-likeness (QED) is 0.353. The molecule has 1 aliphatic rings. The number of nitrogens with zero attached hydrogens (tertiary/aromatic N) is 5. The van der Waals surface area contributed by atoms with Crippen molar-refractivity contribution in [3.05, 3.63) is 33.2 Å². The third kappa shape index (κ3) is 4.70. The maximum atomic E-state index is 11.4. The first-order chi connectivity index (χ1) is 9.12. The second-order valence-corrected chi connectivity index (χ2v) is 4.71. The van der Waals surface area contributed by atoms with Crippen molar-refractivity contribution in [2.75, 3.05) is 18.1 Å². The molecule has 2 heterocycles. The summed E-state index contributed by atoms with van der Waals surface area (Å²) < 4.78 is 6.79. The highest BCUT2D eigenvalue weighted by atomic mass is 32.2. The first-order valence-electron chi connectivity index (χ1n) is 5.09. The fourth-order valence-electron chi connectivity index (χ4n) is 1.33. The fourth-order valence-corrected chi connectivity index (χ4v) is 2.26. The number of anilines is 1. The Hall–Kier alpha value is -1.31. The lowest BCUT2D eigenvalue weighted by Crippen LogP contribution is -2.28. The van der Waals surface area contributed by atoms with Crippen LogP contribution in [0.15, 0.2) is 21.9 Å². The van der Waals surface area contributed by atoms with E-state index in [0.717, 1.165) is 0 Å². The number of nitrogen functional groups attached to an aromatic ring is 1. The molecular formula is C8H13N6O3PS. The van der Waals surface area contributed by atoms with Crippen LogP contribution in [0, 0.1) is 0 Å². The van der Waals surface area contributed by atoms with Crippen LogP contribution in [0.25, 0.3) is 10.4 Å². The van der Waals surface area contributed by atoms with Gasteiger partial charge < -0.3 is 15.6 Å². The average molecular weight is 304 g/mol. The lowest BCUT2D eigenvalue weighted by atomic mass is 10.5. The summed E-state index contributed by atoms with van der Waals surface area (Å²) in [7, 11) is 1.86. The van der Waals surface area contributed by atoms with Gasteiger partial charge in [0.1, 0.15) is 17.5 Å². The molecule has 1 aliphatic heterocycles. The number of azide groups is 1. The molecule has 3 N–H and O–H groups in total. The minimum atomic E-state index is -0.431. The van der Waals surface area contributed by atoms with Crippen LogP contribution in [-0.4, -0.2) is 32.5 Å². The molecule has 0 spiro atoms. The molecule has 1 aromatic heterocycles. The van der Waals surface area contributed by atoms with Gasteiger partial charge in [-0.05, 0) is 21.0 Å². The molecule has 0 amide bonds. The van der Waals surface area contributed by atoms with Crippen molar-refractivity contribution in [3.63, 3.8) is 0 Å². The van der Waals surface area contributed by atoms with Gasteiger partial charge in [0.05, 0.1) is 6.61 Å². The molecule has 0 saturated carbocycles. The minimum absolute atomic E-state index is 0.0572. The number of thioether (sulfide) groups is 1. The summed E-state index contributed by atoms with van der Waals surface area (Å²) in [4.78, 5) is 20.2. The summed E-state index contributed by atoms with van der Waals surface area (Å²) in [5.41, 5.74) is 12.0. The monoisotopic (exact) mass is 304 g/mol. The Morgan fingerprint density at radius 3 is 3.00 bits per heavy atom. The largest absolute Gasteiger partial charge is 0.393 e. The van der Waals surface area contributed by atoms with Crippen LogP contribution in [0.5, 0.6) is 0 Å². The summed E-state index contributed by atoms with van der Waals surface area (Å²) in [5, 5.41) is 8.88. The predicted molar refractivity (Wildman–Crippen MR) is 75.2 cm³/mol. The van der Waals surface area contributed by atoms with E-state index in [-0.39, 0.29) is 24.1 Å². The number of hydrogen-bond donors (Lipinski definition) is 2. The molecule has 1 aromatic rings. The second-order valence-electron chi connectivity index (χ2n) is 3.28. The van der Waals surface area contributed by atoms with Gasteiger partial charge in [0, 0.05) is 16.9 Å². The van der Waals surface area contributed by atoms with E-state index < -0.39 is 5.69 Å². The van der Waals surface area contributed by atoms with E-state index in [1.54, 1.807) is 12.3 Å². The topological polar surface area (TPSA) is 139 Å². The smallest absolute Gasteiger partial charge is 0.351 e. The van der Waals surface area contributed by atoms with Gasteiger partial charge in [-0.25, -0.2) is 4.79 Å². The standard InChI is InChI=1S/C8H11N3O3S.H2N3P/c9-5-1-2-11(8(13)10-5)6-4-15-7(3-12)14-6;1-2-3-4/h1-2,6-7,12H,3-4H2,(H2,9,10,13);4H2/t6-,7+;/m0./s1. The van der Waals surface area contributed by atoms with E-state index in [1.807, 2.05) is 9.39 Å². The van der Waals surface area contributed by atoms with Crippen molar-refractivity contribution in [3.8, 4) is 0 Å². The van der Waals surface area contributed by atoms with E-state index in [2.05, 4.69) is 14.8 Å². The molecule has 0 aliphatic carbocycles. The summed E-state index contributed by atoms with van der Waals surface area (Å²) in [5.74, 6) is 0.817. The molecular weight excluding hydrogens is 291 g/mol. The molecule has 9 nitrogen and oxygen atoms in total. The van der Waals surface area contributed by atoms with Gasteiger partial charge in [0.25, 0.3) is 0 Å². The third-order valence-corrected chi connectivity index (χ3v) is 3.31. The van der Waals surface area contributed by atoms with E-state index in [1.165, 1.54) is 16.3 Å². The highest BCUT2D eigenvalue weighted by molar-refractivity contribution is 8.00. The lowest BCUT2D eigenvalue weighted by molar-refractivity contribution is -0.00629. The molecule has 3 atom stereocenters. The van der Waals surface area contributed by atoms with Gasteiger partial charge in [-0.3, -0.25) is 4.57 Å². The maximum absolute atomic E-state index is 11.4. The Kier molecular flexibility index (Phi) is 6.61. The SMILES string of the molecule is Nc1ccn([C@@H]2CS[C@H](CO)O2)c(=O)n1.[N-]=[N+]=NP. The van der Waals surface area contributed by atoms with Crippen molar-refractivity contribution in [2.24, 2.45) is 4.88 Å². The highest BCUT2D eigenvalue weighted by Crippen LogP contribution is 2.30. The summed E-state index contributed by atoms with van der Waals surface area (Å²) >= 11 is 1.47. The minimum Gasteiger partial charge on any atom is -0.393 e. The Bertz CT molecular complexity index is 519. The van der Waals surface area contributed by atoms with E-state index >= 15 is 0 Å². The first kappa shape index (κ1) is 15.7.